The van der Waals surface area contributed by atoms with Gasteiger partial charge in [-0.1, -0.05) is 37.6 Å². The van der Waals surface area contributed by atoms with E-state index in [0.717, 1.165) is 19.5 Å². The van der Waals surface area contributed by atoms with Crippen LogP contribution in [0.25, 0.3) is 0 Å². The molecular formula is C20H27N3. The van der Waals surface area contributed by atoms with Crippen LogP contribution in [0.15, 0.2) is 54.7 Å². The number of hydrogen-bond donors (Lipinski definition) is 1. The Morgan fingerprint density at radius 2 is 2.00 bits per heavy atom. The average Bonchev–Trinajstić information content (AvgIpc) is 2.63. The van der Waals surface area contributed by atoms with Crippen LogP contribution in [0.1, 0.15) is 44.3 Å². The molecule has 3 rings (SSSR count). The fraction of sp³-hybridized carbons (Fsp3) is 0.450. The minimum Gasteiger partial charge on any atom is -0.370 e. The second kappa shape index (κ2) is 8.11. The van der Waals surface area contributed by atoms with Crippen LogP contribution in [-0.2, 0) is 0 Å². The molecule has 1 saturated heterocycles. The molecule has 3 nitrogen and oxygen atoms in total. The first kappa shape index (κ1) is 16.0. The summed E-state index contributed by atoms with van der Waals surface area (Å²) in [5, 5.41) is 3.87. The van der Waals surface area contributed by atoms with Gasteiger partial charge >= 0.3 is 0 Å². The van der Waals surface area contributed by atoms with Crippen molar-refractivity contribution in [3.63, 3.8) is 0 Å². The maximum atomic E-state index is 4.56. The van der Waals surface area contributed by atoms with Gasteiger partial charge in [0.25, 0.3) is 0 Å². The number of nitrogens with one attached hydrogen (secondary N) is 1. The number of rotatable bonds is 6. The summed E-state index contributed by atoms with van der Waals surface area (Å²) in [6.45, 7) is 4.48. The lowest BCUT2D eigenvalue weighted by atomic mass is 10.0. The van der Waals surface area contributed by atoms with Gasteiger partial charge < -0.3 is 10.2 Å². The molecule has 0 saturated carbocycles. The number of piperidine rings is 1. The van der Waals surface area contributed by atoms with E-state index >= 15 is 0 Å². The summed E-state index contributed by atoms with van der Waals surface area (Å²) in [6.07, 6.45) is 6.70. The number of benzene rings is 1. The van der Waals surface area contributed by atoms with Crippen molar-refractivity contribution in [2.75, 3.05) is 18.0 Å². The third-order valence-corrected chi connectivity index (χ3v) is 4.60. The van der Waals surface area contributed by atoms with Crippen LogP contribution in [0.3, 0.4) is 0 Å². The SMILES string of the molecule is CCC[C@@H](N[C@@H]1CCCN(c2ccccc2)C1)c1ccccn1. The fourth-order valence-corrected chi connectivity index (χ4v) is 3.46. The zero-order chi connectivity index (χ0) is 15.9. The molecule has 0 bridgehead atoms. The lowest BCUT2D eigenvalue weighted by Crippen LogP contribution is -2.47. The lowest BCUT2D eigenvalue weighted by molar-refractivity contribution is 0.360. The first-order valence-corrected chi connectivity index (χ1v) is 8.84. The fourth-order valence-electron chi connectivity index (χ4n) is 3.46. The number of anilines is 1. The zero-order valence-electron chi connectivity index (χ0n) is 14.0. The van der Waals surface area contributed by atoms with Crippen LogP contribution in [0.2, 0.25) is 0 Å². The molecule has 1 aliphatic rings. The number of aromatic nitrogens is 1. The Morgan fingerprint density at radius 1 is 1.17 bits per heavy atom. The van der Waals surface area contributed by atoms with Crippen LogP contribution in [-0.4, -0.2) is 24.1 Å². The Kier molecular flexibility index (Phi) is 5.65. The van der Waals surface area contributed by atoms with E-state index in [0.29, 0.717) is 12.1 Å². The van der Waals surface area contributed by atoms with E-state index in [1.165, 1.54) is 30.6 Å². The van der Waals surface area contributed by atoms with Gasteiger partial charge in [0.15, 0.2) is 0 Å². The minimum absolute atomic E-state index is 0.363. The van der Waals surface area contributed by atoms with Crippen molar-refractivity contribution in [2.45, 2.75) is 44.7 Å². The van der Waals surface area contributed by atoms with E-state index in [4.69, 9.17) is 0 Å². The van der Waals surface area contributed by atoms with Gasteiger partial charge in [-0.3, -0.25) is 4.98 Å². The second-order valence-electron chi connectivity index (χ2n) is 6.38. The zero-order valence-corrected chi connectivity index (χ0v) is 14.0. The molecular weight excluding hydrogens is 282 g/mol. The highest BCUT2D eigenvalue weighted by Gasteiger charge is 2.23. The minimum atomic E-state index is 0.363. The summed E-state index contributed by atoms with van der Waals surface area (Å²) >= 11 is 0. The van der Waals surface area contributed by atoms with E-state index in [9.17, 15) is 0 Å². The predicted octanol–water partition coefficient (Wildman–Crippen LogP) is 4.18. The van der Waals surface area contributed by atoms with Crippen LogP contribution in [0, 0.1) is 0 Å². The van der Waals surface area contributed by atoms with Crippen LogP contribution < -0.4 is 10.2 Å². The highest BCUT2D eigenvalue weighted by atomic mass is 15.2. The summed E-state index contributed by atoms with van der Waals surface area (Å²) in [5.74, 6) is 0. The highest BCUT2D eigenvalue weighted by Crippen LogP contribution is 2.23. The number of pyridine rings is 1. The van der Waals surface area contributed by atoms with E-state index < -0.39 is 0 Å². The van der Waals surface area contributed by atoms with Crippen LogP contribution in [0.4, 0.5) is 5.69 Å². The van der Waals surface area contributed by atoms with E-state index in [1.54, 1.807) is 0 Å². The van der Waals surface area contributed by atoms with Crippen molar-refractivity contribution in [3.05, 3.63) is 60.4 Å². The van der Waals surface area contributed by atoms with E-state index in [1.807, 2.05) is 12.3 Å². The molecule has 122 valence electrons. The maximum Gasteiger partial charge on any atom is 0.0573 e. The lowest BCUT2D eigenvalue weighted by Gasteiger charge is -2.36. The first-order valence-electron chi connectivity index (χ1n) is 8.84. The number of hydrogen-bond acceptors (Lipinski definition) is 3. The molecule has 1 N–H and O–H groups in total. The summed E-state index contributed by atoms with van der Waals surface area (Å²) < 4.78 is 0. The Bertz CT molecular complexity index is 570. The van der Waals surface area contributed by atoms with Gasteiger partial charge in [-0.15, -0.1) is 0 Å². The van der Waals surface area contributed by atoms with Gasteiger partial charge in [0.05, 0.1) is 5.69 Å². The van der Waals surface area contributed by atoms with Gasteiger partial charge in [0, 0.05) is 37.1 Å². The molecule has 1 fully saturated rings. The molecule has 0 unspecified atom stereocenters. The van der Waals surface area contributed by atoms with Crippen molar-refractivity contribution in [1.82, 2.24) is 10.3 Å². The van der Waals surface area contributed by atoms with Crippen molar-refractivity contribution >= 4 is 5.69 Å². The summed E-state index contributed by atoms with van der Waals surface area (Å²) in [6, 6.07) is 17.9. The van der Waals surface area contributed by atoms with Crippen LogP contribution in [0.5, 0.6) is 0 Å². The normalized spacial score (nSPS) is 19.5. The molecule has 2 aromatic rings. The molecule has 0 spiro atoms. The number of nitrogens with zero attached hydrogens (tertiary/aromatic N) is 2. The number of para-hydroxylation sites is 1. The van der Waals surface area contributed by atoms with Crippen molar-refractivity contribution < 1.29 is 0 Å². The Labute approximate surface area is 139 Å². The van der Waals surface area contributed by atoms with Gasteiger partial charge in [-0.25, -0.2) is 0 Å². The second-order valence-corrected chi connectivity index (χ2v) is 6.38. The molecule has 3 heteroatoms. The molecule has 2 heterocycles. The smallest absolute Gasteiger partial charge is 0.0573 e. The Hall–Kier alpha value is -1.87. The van der Waals surface area contributed by atoms with Crippen molar-refractivity contribution in [1.29, 1.82) is 0 Å². The van der Waals surface area contributed by atoms with E-state index in [2.05, 4.69) is 64.6 Å². The standard InChI is InChI=1S/C20H27N3/c1-2-9-20(19-13-6-7-14-21-19)22-17-10-8-15-23(16-17)18-11-4-3-5-12-18/h3-7,11-14,17,20,22H,2,8-10,15-16H2,1H3/t17-,20-/m1/s1. The maximum absolute atomic E-state index is 4.56. The summed E-state index contributed by atoms with van der Waals surface area (Å²) in [7, 11) is 0. The third kappa shape index (κ3) is 4.32. The molecule has 1 aliphatic heterocycles. The van der Waals surface area contributed by atoms with Gasteiger partial charge in [0.2, 0.25) is 0 Å². The molecule has 1 aromatic carbocycles. The molecule has 0 radical (unpaired) electrons. The summed E-state index contributed by atoms with van der Waals surface area (Å²) in [5.41, 5.74) is 2.51. The van der Waals surface area contributed by atoms with Gasteiger partial charge in [-0.05, 0) is 43.5 Å². The molecule has 0 amide bonds. The van der Waals surface area contributed by atoms with Crippen molar-refractivity contribution in [2.24, 2.45) is 0 Å². The van der Waals surface area contributed by atoms with Crippen LogP contribution >= 0.6 is 0 Å². The topological polar surface area (TPSA) is 28.2 Å². The predicted molar refractivity (Wildman–Crippen MR) is 96.7 cm³/mol. The Balaban J connectivity index is 1.66. The largest absolute Gasteiger partial charge is 0.370 e. The molecule has 23 heavy (non-hydrogen) atoms. The molecule has 0 aliphatic carbocycles. The van der Waals surface area contributed by atoms with E-state index in [-0.39, 0.29) is 0 Å². The monoisotopic (exact) mass is 309 g/mol. The third-order valence-electron chi connectivity index (χ3n) is 4.60. The molecule has 2 atom stereocenters. The quantitative estimate of drug-likeness (QED) is 0.867. The Morgan fingerprint density at radius 3 is 2.74 bits per heavy atom. The first-order chi connectivity index (χ1) is 11.4. The van der Waals surface area contributed by atoms with Crippen molar-refractivity contribution in [3.8, 4) is 0 Å². The van der Waals surface area contributed by atoms with Gasteiger partial charge in [0.1, 0.15) is 0 Å². The molecule has 1 aromatic heterocycles. The summed E-state index contributed by atoms with van der Waals surface area (Å²) in [4.78, 5) is 7.07. The van der Waals surface area contributed by atoms with Gasteiger partial charge in [-0.2, -0.15) is 0 Å². The highest BCUT2D eigenvalue weighted by molar-refractivity contribution is 5.46. The average molecular weight is 309 g/mol.